The number of rotatable bonds is 10. The lowest BCUT2D eigenvalue weighted by Crippen LogP contribution is -2.47. The van der Waals surface area contributed by atoms with E-state index in [4.69, 9.17) is 14.2 Å². The molecule has 0 aromatic heterocycles. The molecular weight excluding hydrogens is 386 g/mol. The largest absolute Gasteiger partial charge is 0.493 e. The van der Waals surface area contributed by atoms with Gasteiger partial charge in [-0.25, -0.2) is 10.2 Å². The first-order chi connectivity index (χ1) is 14.6. The topological polar surface area (TPSA) is 98.2 Å². The van der Waals surface area contributed by atoms with Crippen LogP contribution in [0, 0.1) is 0 Å². The van der Waals surface area contributed by atoms with Crippen molar-refractivity contribution in [3.05, 3.63) is 59.7 Å². The molecule has 2 aromatic carbocycles. The first kappa shape index (κ1) is 22.7. The minimum absolute atomic E-state index is 0.212. The number of ether oxygens (including phenoxy) is 3. The lowest BCUT2D eigenvalue weighted by atomic mass is 10.1. The van der Waals surface area contributed by atoms with Crippen molar-refractivity contribution in [1.82, 2.24) is 10.7 Å². The number of methoxy groups -OCH3 is 1. The van der Waals surface area contributed by atoms with Gasteiger partial charge in [0.2, 0.25) is 0 Å². The molecule has 1 atom stereocenters. The van der Waals surface area contributed by atoms with E-state index in [9.17, 15) is 9.59 Å². The van der Waals surface area contributed by atoms with E-state index in [0.717, 1.165) is 11.1 Å². The molecule has 0 aliphatic rings. The molecular formula is C22H27N3O5. The van der Waals surface area contributed by atoms with E-state index in [1.165, 1.54) is 6.21 Å². The number of nitrogens with zero attached hydrogens (tertiary/aromatic N) is 1. The second-order valence-corrected chi connectivity index (χ2v) is 6.18. The third kappa shape index (κ3) is 7.12. The van der Waals surface area contributed by atoms with Gasteiger partial charge in [0.05, 0.1) is 26.5 Å². The summed E-state index contributed by atoms with van der Waals surface area (Å²) in [4.78, 5) is 24.4. The highest BCUT2D eigenvalue weighted by Gasteiger charge is 2.21. The molecule has 0 unspecified atom stereocenters. The van der Waals surface area contributed by atoms with Crippen LogP contribution in [0.3, 0.4) is 0 Å². The molecule has 30 heavy (non-hydrogen) atoms. The second-order valence-electron chi connectivity index (χ2n) is 6.18. The molecule has 0 aliphatic carbocycles. The van der Waals surface area contributed by atoms with Gasteiger partial charge in [-0.05, 0) is 43.2 Å². The lowest BCUT2D eigenvalue weighted by molar-refractivity contribution is -0.123. The zero-order valence-corrected chi connectivity index (χ0v) is 17.4. The average Bonchev–Trinajstić information content (AvgIpc) is 2.74. The van der Waals surface area contributed by atoms with E-state index >= 15 is 0 Å². The van der Waals surface area contributed by atoms with Gasteiger partial charge in [-0.15, -0.1) is 0 Å². The minimum Gasteiger partial charge on any atom is -0.493 e. The maximum Gasteiger partial charge on any atom is 0.407 e. The molecule has 0 saturated heterocycles. The zero-order valence-electron chi connectivity index (χ0n) is 17.4. The Morgan fingerprint density at radius 2 is 1.83 bits per heavy atom. The number of carbonyl (C=O) groups excluding carboxylic acids is 2. The van der Waals surface area contributed by atoms with Gasteiger partial charge in [-0.3, -0.25) is 4.79 Å². The Balaban J connectivity index is 2.06. The van der Waals surface area contributed by atoms with Gasteiger partial charge in [-0.2, -0.15) is 5.10 Å². The lowest BCUT2D eigenvalue weighted by Gasteiger charge is -2.16. The van der Waals surface area contributed by atoms with Gasteiger partial charge in [0, 0.05) is 6.42 Å². The van der Waals surface area contributed by atoms with Crippen molar-refractivity contribution in [2.75, 3.05) is 20.3 Å². The average molecular weight is 413 g/mol. The Morgan fingerprint density at radius 3 is 2.50 bits per heavy atom. The molecule has 0 bridgehead atoms. The van der Waals surface area contributed by atoms with Crippen LogP contribution in [0.4, 0.5) is 4.79 Å². The molecule has 0 heterocycles. The molecule has 2 aromatic rings. The van der Waals surface area contributed by atoms with Crippen LogP contribution in [0.5, 0.6) is 11.5 Å². The van der Waals surface area contributed by atoms with Crippen LogP contribution < -0.4 is 20.2 Å². The predicted octanol–water partition coefficient (Wildman–Crippen LogP) is 2.90. The Morgan fingerprint density at radius 1 is 1.07 bits per heavy atom. The van der Waals surface area contributed by atoms with Crippen LogP contribution in [0.15, 0.2) is 53.6 Å². The number of hydrazone groups is 1. The van der Waals surface area contributed by atoms with E-state index in [-0.39, 0.29) is 6.61 Å². The minimum atomic E-state index is -0.835. The third-order valence-corrected chi connectivity index (χ3v) is 4.04. The number of amides is 2. The Bertz CT molecular complexity index is 855. The fourth-order valence-electron chi connectivity index (χ4n) is 2.66. The molecule has 0 radical (unpaired) electrons. The monoisotopic (exact) mass is 413 g/mol. The van der Waals surface area contributed by atoms with Crippen molar-refractivity contribution in [3.8, 4) is 11.5 Å². The van der Waals surface area contributed by atoms with Gasteiger partial charge in [0.15, 0.2) is 11.5 Å². The summed E-state index contributed by atoms with van der Waals surface area (Å²) in [6.45, 7) is 4.28. The summed E-state index contributed by atoms with van der Waals surface area (Å²) in [5, 5.41) is 6.57. The van der Waals surface area contributed by atoms with Crippen LogP contribution >= 0.6 is 0 Å². The summed E-state index contributed by atoms with van der Waals surface area (Å²) in [5.41, 5.74) is 4.09. The van der Waals surface area contributed by atoms with Gasteiger partial charge in [0.1, 0.15) is 6.04 Å². The molecule has 0 aliphatic heterocycles. The van der Waals surface area contributed by atoms with Crippen molar-refractivity contribution in [2.24, 2.45) is 5.10 Å². The summed E-state index contributed by atoms with van der Waals surface area (Å²) < 4.78 is 15.7. The van der Waals surface area contributed by atoms with Crippen molar-refractivity contribution in [3.63, 3.8) is 0 Å². The number of nitrogens with one attached hydrogen (secondary N) is 2. The molecule has 2 N–H and O–H groups in total. The third-order valence-electron chi connectivity index (χ3n) is 4.04. The molecule has 160 valence electrons. The summed E-state index contributed by atoms with van der Waals surface area (Å²) in [6, 6.07) is 13.8. The molecule has 0 fully saturated rings. The van der Waals surface area contributed by atoms with Crippen LogP contribution in [0.1, 0.15) is 25.0 Å². The van der Waals surface area contributed by atoms with E-state index in [0.29, 0.717) is 24.5 Å². The summed E-state index contributed by atoms with van der Waals surface area (Å²) in [7, 11) is 1.56. The van der Waals surface area contributed by atoms with Crippen molar-refractivity contribution in [1.29, 1.82) is 0 Å². The number of carbonyl (C=O) groups is 2. The van der Waals surface area contributed by atoms with Crippen LogP contribution in [-0.2, 0) is 16.0 Å². The molecule has 2 amide bonds. The first-order valence-corrected chi connectivity index (χ1v) is 9.68. The summed E-state index contributed by atoms with van der Waals surface area (Å²) >= 11 is 0. The molecule has 2 rings (SSSR count). The highest BCUT2D eigenvalue weighted by atomic mass is 16.5. The normalized spacial score (nSPS) is 11.6. The standard InChI is InChI=1S/C22H27N3O5/c1-4-29-20-14-17(11-12-19(20)28-3)15-23-25-21(26)18(24-22(27)30-5-2)13-16-9-7-6-8-10-16/h6-12,14-15,18H,4-5,13H2,1-3H3,(H,24,27)(H,25,26)/b23-15-/t18-/m0/s1. The number of hydrogen-bond donors (Lipinski definition) is 2. The van der Waals surface area contributed by atoms with E-state index in [2.05, 4.69) is 15.8 Å². The molecule has 0 saturated carbocycles. The maximum absolute atomic E-state index is 12.6. The maximum atomic E-state index is 12.6. The van der Waals surface area contributed by atoms with Gasteiger partial charge in [-0.1, -0.05) is 30.3 Å². The molecule has 8 heteroatoms. The number of alkyl carbamates (subject to hydrolysis) is 1. The fraction of sp³-hybridized carbons (Fsp3) is 0.318. The van der Waals surface area contributed by atoms with Gasteiger partial charge >= 0.3 is 6.09 Å². The molecule has 8 nitrogen and oxygen atoms in total. The van der Waals surface area contributed by atoms with E-state index < -0.39 is 18.0 Å². The van der Waals surface area contributed by atoms with Crippen molar-refractivity contribution in [2.45, 2.75) is 26.3 Å². The second kappa shape index (κ2) is 12.1. The van der Waals surface area contributed by atoms with Crippen molar-refractivity contribution >= 4 is 18.2 Å². The zero-order chi connectivity index (χ0) is 21.8. The highest BCUT2D eigenvalue weighted by Crippen LogP contribution is 2.27. The number of hydrogen-bond acceptors (Lipinski definition) is 6. The summed E-state index contributed by atoms with van der Waals surface area (Å²) in [5.74, 6) is 0.738. The Kier molecular flexibility index (Phi) is 9.18. The summed E-state index contributed by atoms with van der Waals surface area (Å²) in [6.07, 6.45) is 1.14. The van der Waals surface area contributed by atoms with Crippen molar-refractivity contribution < 1.29 is 23.8 Å². The Hall–Kier alpha value is -3.55. The van der Waals surface area contributed by atoms with E-state index in [1.807, 2.05) is 37.3 Å². The quantitative estimate of drug-likeness (QED) is 0.461. The predicted molar refractivity (Wildman–Crippen MR) is 114 cm³/mol. The molecule has 0 spiro atoms. The highest BCUT2D eigenvalue weighted by molar-refractivity contribution is 5.87. The fourth-order valence-corrected chi connectivity index (χ4v) is 2.66. The van der Waals surface area contributed by atoms with E-state index in [1.54, 1.807) is 32.2 Å². The SMILES string of the molecule is CCOC(=O)N[C@@H](Cc1ccccc1)C(=O)N/N=C\c1ccc(OC)c(OCC)c1. The first-order valence-electron chi connectivity index (χ1n) is 9.68. The van der Waals surface area contributed by atoms with Gasteiger partial charge < -0.3 is 19.5 Å². The van der Waals surface area contributed by atoms with Crippen LogP contribution in [0.25, 0.3) is 0 Å². The smallest absolute Gasteiger partial charge is 0.407 e. The van der Waals surface area contributed by atoms with Crippen LogP contribution in [0.2, 0.25) is 0 Å². The van der Waals surface area contributed by atoms with Crippen LogP contribution in [-0.4, -0.2) is 44.6 Å². The Labute approximate surface area is 176 Å². The van der Waals surface area contributed by atoms with Gasteiger partial charge in [0.25, 0.3) is 5.91 Å². The number of benzene rings is 2.